The van der Waals surface area contributed by atoms with Gasteiger partial charge in [0.25, 0.3) is 0 Å². The van der Waals surface area contributed by atoms with E-state index in [0.717, 1.165) is 0 Å². The molecule has 72 valence electrons. The van der Waals surface area contributed by atoms with Crippen LogP contribution >= 0.6 is 0 Å². The Kier molecular flexibility index (Phi) is 2.97. The number of aromatic nitrogens is 3. The normalized spacial score (nSPS) is 12.5. The second-order valence-electron chi connectivity index (χ2n) is 2.66. The Morgan fingerprint density at radius 2 is 2.54 bits per heavy atom. The molecule has 0 aliphatic heterocycles. The van der Waals surface area contributed by atoms with Gasteiger partial charge in [0, 0.05) is 6.54 Å². The molecule has 6 heteroatoms. The minimum atomic E-state index is -0.490. The molecule has 1 rings (SSSR count). The first-order chi connectivity index (χ1) is 6.19. The zero-order chi connectivity index (χ0) is 9.84. The molecule has 6 nitrogen and oxygen atoms in total. The van der Waals surface area contributed by atoms with E-state index in [1.807, 2.05) is 6.92 Å². The summed E-state index contributed by atoms with van der Waals surface area (Å²) in [6.07, 6.45) is 1.52. The van der Waals surface area contributed by atoms with Gasteiger partial charge in [-0.2, -0.15) is 0 Å². The van der Waals surface area contributed by atoms with Crippen molar-refractivity contribution in [3.05, 3.63) is 11.9 Å². The number of methoxy groups -OCH3 is 1. The maximum absolute atomic E-state index is 11.0. The number of hydrogen-bond donors (Lipinski definition) is 1. The zero-order valence-corrected chi connectivity index (χ0v) is 7.60. The molecular weight excluding hydrogens is 172 g/mol. The Bertz CT molecular complexity index is 296. The van der Waals surface area contributed by atoms with Gasteiger partial charge in [-0.1, -0.05) is 5.21 Å². The fraction of sp³-hybridized carbons (Fsp3) is 0.571. The van der Waals surface area contributed by atoms with Crippen LogP contribution in [-0.2, 0) is 4.74 Å². The van der Waals surface area contributed by atoms with Gasteiger partial charge in [0.15, 0.2) is 5.69 Å². The van der Waals surface area contributed by atoms with Crippen LogP contribution in [0.1, 0.15) is 23.5 Å². The monoisotopic (exact) mass is 184 g/mol. The summed E-state index contributed by atoms with van der Waals surface area (Å²) in [4.78, 5) is 11.0. The lowest BCUT2D eigenvalue weighted by Crippen LogP contribution is -2.16. The highest BCUT2D eigenvalue weighted by Crippen LogP contribution is 2.02. The smallest absolute Gasteiger partial charge is 0.360 e. The molecule has 2 N–H and O–H groups in total. The quantitative estimate of drug-likeness (QED) is 0.645. The first kappa shape index (κ1) is 9.66. The van der Waals surface area contributed by atoms with E-state index in [9.17, 15) is 4.79 Å². The molecule has 0 unspecified atom stereocenters. The van der Waals surface area contributed by atoms with Crippen molar-refractivity contribution in [1.29, 1.82) is 0 Å². The third-order valence-electron chi connectivity index (χ3n) is 1.70. The van der Waals surface area contributed by atoms with Crippen LogP contribution in [0.15, 0.2) is 6.20 Å². The van der Waals surface area contributed by atoms with Crippen molar-refractivity contribution in [2.24, 2.45) is 5.73 Å². The van der Waals surface area contributed by atoms with Gasteiger partial charge in [-0.15, -0.1) is 5.10 Å². The molecule has 0 bridgehead atoms. The molecule has 1 aromatic rings. The average Bonchev–Trinajstić information content (AvgIpc) is 2.64. The van der Waals surface area contributed by atoms with Crippen LogP contribution in [0.25, 0.3) is 0 Å². The van der Waals surface area contributed by atoms with Crippen LogP contribution < -0.4 is 5.73 Å². The molecule has 13 heavy (non-hydrogen) atoms. The SMILES string of the molecule is COC(=O)c1cn([C@H](C)CN)nn1. The number of hydrogen-bond acceptors (Lipinski definition) is 5. The molecule has 0 aromatic carbocycles. The second kappa shape index (κ2) is 3.99. The maximum Gasteiger partial charge on any atom is 0.360 e. The van der Waals surface area contributed by atoms with E-state index in [-0.39, 0.29) is 11.7 Å². The summed E-state index contributed by atoms with van der Waals surface area (Å²) < 4.78 is 6.01. The van der Waals surface area contributed by atoms with Gasteiger partial charge in [-0.25, -0.2) is 9.48 Å². The minimum Gasteiger partial charge on any atom is -0.464 e. The first-order valence-electron chi connectivity index (χ1n) is 3.89. The predicted octanol–water partition coefficient (Wildman–Crippen LogP) is -0.416. The maximum atomic E-state index is 11.0. The van der Waals surface area contributed by atoms with Gasteiger partial charge in [-0.05, 0) is 6.92 Å². The van der Waals surface area contributed by atoms with Crippen molar-refractivity contribution >= 4 is 5.97 Å². The molecule has 1 atom stereocenters. The number of carbonyl (C=O) groups is 1. The number of ether oxygens (including phenoxy) is 1. The van der Waals surface area contributed by atoms with E-state index in [1.54, 1.807) is 0 Å². The van der Waals surface area contributed by atoms with Gasteiger partial charge < -0.3 is 10.5 Å². The number of carbonyl (C=O) groups excluding carboxylic acids is 1. The number of rotatable bonds is 3. The molecule has 1 heterocycles. The second-order valence-corrected chi connectivity index (χ2v) is 2.66. The van der Waals surface area contributed by atoms with Crippen LogP contribution in [0.5, 0.6) is 0 Å². The van der Waals surface area contributed by atoms with E-state index in [0.29, 0.717) is 6.54 Å². The van der Waals surface area contributed by atoms with Crippen LogP contribution in [0.2, 0.25) is 0 Å². The molecular formula is C7H12N4O2. The highest BCUT2D eigenvalue weighted by molar-refractivity contribution is 5.86. The van der Waals surface area contributed by atoms with Gasteiger partial charge in [0.1, 0.15) is 0 Å². The van der Waals surface area contributed by atoms with Crippen molar-refractivity contribution in [3.63, 3.8) is 0 Å². The van der Waals surface area contributed by atoms with Crippen molar-refractivity contribution < 1.29 is 9.53 Å². The Morgan fingerprint density at radius 1 is 1.85 bits per heavy atom. The predicted molar refractivity (Wildman–Crippen MR) is 45.1 cm³/mol. The largest absolute Gasteiger partial charge is 0.464 e. The molecule has 0 aliphatic rings. The van der Waals surface area contributed by atoms with Gasteiger partial charge in [0.2, 0.25) is 0 Å². The standard InChI is InChI=1S/C7H12N4O2/c1-5(3-8)11-4-6(9-10-11)7(12)13-2/h4-5H,3,8H2,1-2H3/t5-/m1/s1. The molecule has 0 radical (unpaired) electrons. The molecule has 0 amide bonds. The van der Waals surface area contributed by atoms with Crippen LogP contribution in [0.3, 0.4) is 0 Å². The number of nitrogens with two attached hydrogens (primary N) is 1. The van der Waals surface area contributed by atoms with Gasteiger partial charge in [-0.3, -0.25) is 0 Å². The van der Waals surface area contributed by atoms with Crippen molar-refractivity contribution in [1.82, 2.24) is 15.0 Å². The summed E-state index contributed by atoms with van der Waals surface area (Å²) in [5.74, 6) is -0.490. The lowest BCUT2D eigenvalue weighted by molar-refractivity contribution is 0.0594. The highest BCUT2D eigenvalue weighted by atomic mass is 16.5. The van der Waals surface area contributed by atoms with E-state index >= 15 is 0 Å². The minimum absolute atomic E-state index is 0.0332. The fourth-order valence-electron chi connectivity index (χ4n) is 0.798. The van der Waals surface area contributed by atoms with Crippen molar-refractivity contribution in [2.75, 3.05) is 13.7 Å². The zero-order valence-electron chi connectivity index (χ0n) is 7.60. The summed E-state index contributed by atoms with van der Waals surface area (Å²) >= 11 is 0. The topological polar surface area (TPSA) is 83.0 Å². The number of esters is 1. The third kappa shape index (κ3) is 2.03. The van der Waals surface area contributed by atoms with E-state index < -0.39 is 5.97 Å². The van der Waals surface area contributed by atoms with Crippen LogP contribution in [0, 0.1) is 0 Å². The first-order valence-corrected chi connectivity index (χ1v) is 3.89. The van der Waals surface area contributed by atoms with Gasteiger partial charge in [0.05, 0.1) is 19.3 Å². The Hall–Kier alpha value is -1.43. The average molecular weight is 184 g/mol. The molecule has 0 aliphatic carbocycles. The lowest BCUT2D eigenvalue weighted by atomic mass is 10.3. The van der Waals surface area contributed by atoms with Crippen molar-refractivity contribution in [3.8, 4) is 0 Å². The van der Waals surface area contributed by atoms with Crippen LogP contribution in [-0.4, -0.2) is 34.6 Å². The van der Waals surface area contributed by atoms with E-state index in [1.165, 1.54) is 18.0 Å². The summed E-state index contributed by atoms with van der Waals surface area (Å²) in [6.45, 7) is 2.33. The summed E-state index contributed by atoms with van der Waals surface area (Å²) in [5, 5.41) is 7.38. The number of nitrogens with zero attached hydrogens (tertiary/aromatic N) is 3. The third-order valence-corrected chi connectivity index (χ3v) is 1.70. The Morgan fingerprint density at radius 3 is 3.08 bits per heavy atom. The molecule has 0 spiro atoms. The lowest BCUT2D eigenvalue weighted by Gasteiger charge is -2.05. The molecule has 0 saturated carbocycles. The summed E-state index contributed by atoms with van der Waals surface area (Å²) in [5.41, 5.74) is 5.61. The van der Waals surface area contributed by atoms with E-state index in [4.69, 9.17) is 5.73 Å². The Labute approximate surface area is 75.7 Å². The fourth-order valence-corrected chi connectivity index (χ4v) is 0.798. The summed E-state index contributed by atoms with van der Waals surface area (Å²) in [6, 6.07) is 0.0332. The highest BCUT2D eigenvalue weighted by Gasteiger charge is 2.12. The molecule has 0 saturated heterocycles. The van der Waals surface area contributed by atoms with Crippen LogP contribution in [0.4, 0.5) is 0 Å². The summed E-state index contributed by atoms with van der Waals surface area (Å²) in [7, 11) is 1.30. The molecule has 1 aromatic heterocycles. The molecule has 0 fully saturated rings. The Balaban J connectivity index is 2.80. The van der Waals surface area contributed by atoms with Gasteiger partial charge >= 0.3 is 5.97 Å². The van der Waals surface area contributed by atoms with E-state index in [2.05, 4.69) is 15.0 Å². The van der Waals surface area contributed by atoms with Crippen molar-refractivity contribution in [2.45, 2.75) is 13.0 Å².